The molecular weight excluding hydrogens is 342 g/mol. The first kappa shape index (κ1) is 21.7. The number of amides is 1. The Morgan fingerprint density at radius 1 is 1.04 bits per heavy atom. The molecule has 0 saturated heterocycles. The van der Waals surface area contributed by atoms with Gasteiger partial charge in [0.2, 0.25) is 0 Å². The lowest BCUT2D eigenvalue weighted by atomic mass is 9.98. The predicted molar refractivity (Wildman–Crippen MR) is 120 cm³/mol. The minimum Gasteiger partial charge on any atom is -0.352 e. The van der Waals surface area contributed by atoms with Crippen molar-refractivity contribution in [2.24, 2.45) is 0 Å². The first-order valence-corrected chi connectivity index (χ1v) is 10.3. The van der Waals surface area contributed by atoms with Crippen molar-refractivity contribution in [2.75, 3.05) is 6.54 Å². The lowest BCUT2D eigenvalue weighted by molar-refractivity contribution is 0.0953. The van der Waals surface area contributed by atoms with E-state index in [4.69, 9.17) is 0 Å². The Kier molecular flexibility index (Phi) is 9.27. The Hall–Kier alpha value is -2.61. The summed E-state index contributed by atoms with van der Waals surface area (Å²) in [6.45, 7) is 6.99. The van der Waals surface area contributed by atoms with Gasteiger partial charge in [0.1, 0.15) is 0 Å². The van der Waals surface area contributed by atoms with E-state index < -0.39 is 0 Å². The van der Waals surface area contributed by atoms with Gasteiger partial charge in [-0.3, -0.25) is 4.79 Å². The standard InChI is InChI=1S/C26H33NO/c1-4-21(2)12-8-5-6-11-19-27-26(28)25-17-15-22(3)24(20-25)18-16-23-13-9-7-10-14-23/h4,7-10,12-15,17,20H,5-6,11,16,18-19H2,1-3H3,(H,27,28)/b12-8-,21-4-. The molecule has 0 unspecified atom stereocenters. The molecule has 0 bridgehead atoms. The van der Waals surface area contributed by atoms with Gasteiger partial charge in [0.05, 0.1) is 0 Å². The molecule has 2 aromatic carbocycles. The SMILES string of the molecule is C/C=C(C)\C=C/CCCCNC(=O)c1ccc(C)c(CCc2ccccc2)c1. The van der Waals surface area contributed by atoms with E-state index in [2.05, 4.69) is 73.8 Å². The molecule has 0 fully saturated rings. The van der Waals surface area contributed by atoms with Crippen LogP contribution in [0.3, 0.4) is 0 Å². The molecule has 0 heterocycles. The summed E-state index contributed by atoms with van der Waals surface area (Å²) in [4.78, 5) is 12.5. The lowest BCUT2D eigenvalue weighted by Crippen LogP contribution is -2.24. The molecule has 0 aromatic heterocycles. The maximum atomic E-state index is 12.5. The second-order valence-corrected chi connectivity index (χ2v) is 7.31. The van der Waals surface area contributed by atoms with Gasteiger partial charge in [0.25, 0.3) is 5.91 Å². The van der Waals surface area contributed by atoms with Gasteiger partial charge in [-0.05, 0) is 81.7 Å². The molecule has 2 aromatic rings. The van der Waals surface area contributed by atoms with Gasteiger partial charge >= 0.3 is 0 Å². The molecule has 148 valence electrons. The Morgan fingerprint density at radius 3 is 2.57 bits per heavy atom. The van der Waals surface area contributed by atoms with Crippen LogP contribution < -0.4 is 5.32 Å². The molecule has 0 spiro atoms. The second kappa shape index (κ2) is 12.0. The fourth-order valence-corrected chi connectivity index (χ4v) is 3.06. The maximum Gasteiger partial charge on any atom is 0.251 e. The summed E-state index contributed by atoms with van der Waals surface area (Å²) in [6.07, 6.45) is 11.5. The summed E-state index contributed by atoms with van der Waals surface area (Å²) >= 11 is 0. The number of carbonyl (C=O) groups is 1. The van der Waals surface area contributed by atoms with E-state index in [1.165, 1.54) is 22.3 Å². The fourth-order valence-electron chi connectivity index (χ4n) is 3.06. The highest BCUT2D eigenvalue weighted by molar-refractivity contribution is 5.94. The molecule has 0 aliphatic carbocycles. The average Bonchev–Trinajstić information content (AvgIpc) is 2.72. The lowest BCUT2D eigenvalue weighted by Gasteiger charge is -2.10. The highest BCUT2D eigenvalue weighted by Gasteiger charge is 2.08. The highest BCUT2D eigenvalue weighted by atomic mass is 16.1. The molecule has 28 heavy (non-hydrogen) atoms. The van der Waals surface area contributed by atoms with Gasteiger partial charge in [-0.1, -0.05) is 60.2 Å². The van der Waals surface area contributed by atoms with Crippen molar-refractivity contribution in [1.29, 1.82) is 0 Å². The third-order valence-corrected chi connectivity index (χ3v) is 5.06. The molecular formula is C26H33NO. The minimum atomic E-state index is 0.0289. The van der Waals surface area contributed by atoms with Gasteiger partial charge in [0, 0.05) is 12.1 Å². The average molecular weight is 376 g/mol. The maximum absolute atomic E-state index is 12.5. The Bertz CT molecular complexity index is 802. The molecule has 0 aliphatic heterocycles. The summed E-state index contributed by atoms with van der Waals surface area (Å²) in [6, 6.07) is 16.5. The van der Waals surface area contributed by atoms with Gasteiger partial charge in [-0.2, -0.15) is 0 Å². The van der Waals surface area contributed by atoms with Crippen LogP contribution >= 0.6 is 0 Å². The minimum absolute atomic E-state index is 0.0289. The molecule has 0 radical (unpaired) electrons. The van der Waals surface area contributed by atoms with Crippen LogP contribution in [0.2, 0.25) is 0 Å². The fraction of sp³-hybridized carbons (Fsp3) is 0.346. The summed E-state index contributed by atoms with van der Waals surface area (Å²) in [5.41, 5.74) is 5.88. The van der Waals surface area contributed by atoms with Crippen molar-refractivity contribution in [3.8, 4) is 0 Å². The smallest absolute Gasteiger partial charge is 0.251 e. The zero-order valence-corrected chi connectivity index (χ0v) is 17.5. The van der Waals surface area contributed by atoms with Gasteiger partial charge in [0.15, 0.2) is 0 Å². The molecule has 1 amide bonds. The van der Waals surface area contributed by atoms with Crippen LogP contribution in [0.1, 0.15) is 60.2 Å². The van der Waals surface area contributed by atoms with Crippen LogP contribution in [0.5, 0.6) is 0 Å². The number of rotatable bonds is 10. The summed E-state index contributed by atoms with van der Waals surface area (Å²) in [5, 5.41) is 3.06. The number of benzene rings is 2. The van der Waals surface area contributed by atoms with Crippen molar-refractivity contribution < 1.29 is 4.79 Å². The molecule has 2 nitrogen and oxygen atoms in total. The third-order valence-electron chi connectivity index (χ3n) is 5.06. The van der Waals surface area contributed by atoms with E-state index >= 15 is 0 Å². The van der Waals surface area contributed by atoms with E-state index in [1.54, 1.807) is 0 Å². The van der Waals surface area contributed by atoms with Crippen molar-refractivity contribution >= 4 is 5.91 Å². The van der Waals surface area contributed by atoms with Crippen LogP contribution in [0.25, 0.3) is 0 Å². The van der Waals surface area contributed by atoms with Gasteiger partial charge in [-0.25, -0.2) is 0 Å². The van der Waals surface area contributed by atoms with Gasteiger partial charge < -0.3 is 5.32 Å². The van der Waals surface area contributed by atoms with Crippen molar-refractivity contribution in [2.45, 2.75) is 52.9 Å². The van der Waals surface area contributed by atoms with Crippen LogP contribution in [0.4, 0.5) is 0 Å². The molecule has 2 heteroatoms. The normalized spacial score (nSPS) is 11.8. The Morgan fingerprint density at radius 2 is 1.82 bits per heavy atom. The summed E-state index contributed by atoms with van der Waals surface area (Å²) in [7, 11) is 0. The van der Waals surface area contributed by atoms with Crippen molar-refractivity contribution in [1.82, 2.24) is 5.32 Å². The van der Waals surface area contributed by atoms with Crippen molar-refractivity contribution in [3.05, 3.63) is 94.6 Å². The van der Waals surface area contributed by atoms with Crippen LogP contribution in [0, 0.1) is 6.92 Å². The van der Waals surface area contributed by atoms with Crippen molar-refractivity contribution in [3.63, 3.8) is 0 Å². The molecule has 0 saturated carbocycles. The zero-order chi connectivity index (χ0) is 20.2. The Balaban J connectivity index is 1.79. The number of nitrogens with one attached hydrogen (secondary N) is 1. The van der Waals surface area contributed by atoms with Crippen LogP contribution in [-0.2, 0) is 12.8 Å². The van der Waals surface area contributed by atoms with E-state index in [-0.39, 0.29) is 5.91 Å². The highest BCUT2D eigenvalue weighted by Crippen LogP contribution is 2.15. The van der Waals surface area contributed by atoms with E-state index in [0.717, 1.165) is 44.2 Å². The van der Waals surface area contributed by atoms with E-state index in [1.807, 2.05) is 19.1 Å². The molecule has 0 aliphatic rings. The molecule has 0 atom stereocenters. The van der Waals surface area contributed by atoms with Crippen LogP contribution in [-0.4, -0.2) is 12.5 Å². The number of allylic oxidation sites excluding steroid dienone is 4. The first-order valence-electron chi connectivity index (χ1n) is 10.3. The monoisotopic (exact) mass is 375 g/mol. The summed E-state index contributed by atoms with van der Waals surface area (Å²) in [5.74, 6) is 0.0289. The molecule has 1 N–H and O–H groups in total. The largest absolute Gasteiger partial charge is 0.352 e. The van der Waals surface area contributed by atoms with E-state index in [0.29, 0.717) is 0 Å². The predicted octanol–water partition coefficient (Wildman–Crippen LogP) is 6.20. The quantitative estimate of drug-likeness (QED) is 0.388. The number of hydrogen-bond acceptors (Lipinski definition) is 1. The number of carbonyl (C=O) groups excluding carboxylic acids is 1. The topological polar surface area (TPSA) is 29.1 Å². The van der Waals surface area contributed by atoms with Crippen LogP contribution in [0.15, 0.2) is 72.3 Å². The Labute approximate surface area is 170 Å². The molecule has 2 rings (SSSR count). The number of aryl methyl sites for hydroxylation is 3. The zero-order valence-electron chi connectivity index (χ0n) is 17.5. The summed E-state index contributed by atoms with van der Waals surface area (Å²) < 4.78 is 0. The van der Waals surface area contributed by atoms with E-state index in [9.17, 15) is 4.79 Å². The number of hydrogen-bond donors (Lipinski definition) is 1. The third kappa shape index (κ3) is 7.56. The number of unbranched alkanes of at least 4 members (excludes halogenated alkanes) is 2. The second-order valence-electron chi connectivity index (χ2n) is 7.31. The van der Waals surface area contributed by atoms with Gasteiger partial charge in [-0.15, -0.1) is 0 Å². The first-order chi connectivity index (χ1) is 13.6.